The van der Waals surface area contributed by atoms with Crippen LogP contribution in [0.2, 0.25) is 5.02 Å². The van der Waals surface area contributed by atoms with Crippen molar-refractivity contribution < 1.29 is 9.59 Å². The predicted molar refractivity (Wildman–Crippen MR) is 79.4 cm³/mol. The molecule has 1 aromatic heterocycles. The largest absolute Gasteiger partial charge is 0.345 e. The fourth-order valence-corrected chi connectivity index (χ4v) is 2.29. The lowest BCUT2D eigenvalue weighted by Gasteiger charge is -2.11. The zero-order chi connectivity index (χ0) is 15.0. The van der Waals surface area contributed by atoms with E-state index in [1.165, 1.54) is 14.4 Å². The summed E-state index contributed by atoms with van der Waals surface area (Å²) in [6.07, 6.45) is 1.54. The SMILES string of the molecule is CN(C)C(=O)c1cn(C(=O)N(C)C)c2cccc(Cl)c12. The molecule has 0 saturated heterocycles. The maximum absolute atomic E-state index is 12.2. The van der Waals surface area contributed by atoms with E-state index in [9.17, 15) is 9.59 Å². The molecule has 2 amide bonds. The Labute approximate surface area is 122 Å². The van der Waals surface area contributed by atoms with Crippen LogP contribution in [0.25, 0.3) is 10.9 Å². The number of carbonyl (C=O) groups is 2. The second-order valence-electron chi connectivity index (χ2n) is 4.92. The van der Waals surface area contributed by atoms with Gasteiger partial charge in [-0.1, -0.05) is 17.7 Å². The molecule has 0 unspecified atom stereocenters. The summed E-state index contributed by atoms with van der Waals surface area (Å²) in [7, 11) is 6.64. The third-order valence-electron chi connectivity index (χ3n) is 3.00. The Kier molecular flexibility index (Phi) is 3.72. The van der Waals surface area contributed by atoms with Crippen molar-refractivity contribution in [2.24, 2.45) is 0 Å². The van der Waals surface area contributed by atoms with Gasteiger partial charge in [0.05, 0.1) is 16.1 Å². The quantitative estimate of drug-likeness (QED) is 0.811. The molecule has 106 valence electrons. The molecule has 2 aromatic rings. The summed E-state index contributed by atoms with van der Waals surface area (Å²) < 4.78 is 1.44. The summed E-state index contributed by atoms with van der Waals surface area (Å²) in [4.78, 5) is 27.4. The fourth-order valence-electron chi connectivity index (χ4n) is 2.02. The molecular weight excluding hydrogens is 278 g/mol. The summed E-state index contributed by atoms with van der Waals surface area (Å²) in [5, 5.41) is 1.06. The van der Waals surface area contributed by atoms with Gasteiger partial charge in [-0.05, 0) is 12.1 Å². The van der Waals surface area contributed by atoms with Crippen LogP contribution in [0.3, 0.4) is 0 Å². The van der Waals surface area contributed by atoms with Gasteiger partial charge in [-0.2, -0.15) is 0 Å². The lowest BCUT2D eigenvalue weighted by atomic mass is 10.1. The van der Waals surface area contributed by atoms with E-state index in [1.807, 2.05) is 0 Å². The number of hydrogen-bond acceptors (Lipinski definition) is 2. The van der Waals surface area contributed by atoms with E-state index in [-0.39, 0.29) is 11.9 Å². The zero-order valence-corrected chi connectivity index (χ0v) is 12.6. The minimum Gasteiger partial charge on any atom is -0.345 e. The Morgan fingerprint density at radius 1 is 1.10 bits per heavy atom. The Bertz CT molecular complexity index is 689. The number of amides is 2. The van der Waals surface area contributed by atoms with Crippen molar-refractivity contribution >= 4 is 34.4 Å². The molecule has 1 heterocycles. The highest BCUT2D eigenvalue weighted by Crippen LogP contribution is 2.29. The van der Waals surface area contributed by atoms with Crippen molar-refractivity contribution in [1.29, 1.82) is 0 Å². The number of rotatable bonds is 1. The molecule has 0 spiro atoms. The van der Waals surface area contributed by atoms with Gasteiger partial charge in [-0.15, -0.1) is 0 Å². The van der Waals surface area contributed by atoms with Gasteiger partial charge < -0.3 is 9.80 Å². The fraction of sp³-hybridized carbons (Fsp3) is 0.286. The monoisotopic (exact) mass is 293 g/mol. The molecule has 0 atom stereocenters. The number of fused-ring (bicyclic) bond motifs is 1. The number of halogens is 1. The molecule has 0 saturated carbocycles. The summed E-state index contributed by atoms with van der Waals surface area (Å²) in [6.45, 7) is 0. The summed E-state index contributed by atoms with van der Waals surface area (Å²) in [5.74, 6) is -0.187. The van der Waals surface area contributed by atoms with E-state index in [4.69, 9.17) is 11.6 Å². The third kappa shape index (κ3) is 2.25. The van der Waals surface area contributed by atoms with Gasteiger partial charge in [0, 0.05) is 39.8 Å². The highest BCUT2D eigenvalue weighted by atomic mass is 35.5. The van der Waals surface area contributed by atoms with Gasteiger partial charge in [0.25, 0.3) is 5.91 Å². The van der Waals surface area contributed by atoms with E-state index in [0.717, 1.165) is 0 Å². The molecule has 0 aliphatic heterocycles. The van der Waals surface area contributed by atoms with Gasteiger partial charge in [-0.3, -0.25) is 9.36 Å². The number of carbonyl (C=O) groups excluding carboxylic acids is 2. The van der Waals surface area contributed by atoms with Crippen molar-refractivity contribution in [1.82, 2.24) is 14.4 Å². The predicted octanol–water partition coefficient (Wildman–Crippen LogP) is 2.53. The number of hydrogen-bond donors (Lipinski definition) is 0. The lowest BCUT2D eigenvalue weighted by molar-refractivity contribution is 0.0829. The van der Waals surface area contributed by atoms with E-state index in [1.54, 1.807) is 52.6 Å². The summed E-state index contributed by atoms with van der Waals surface area (Å²) in [5.41, 5.74) is 1.05. The van der Waals surface area contributed by atoms with Crippen molar-refractivity contribution in [3.63, 3.8) is 0 Å². The van der Waals surface area contributed by atoms with Crippen LogP contribution < -0.4 is 0 Å². The first-order valence-corrected chi connectivity index (χ1v) is 6.45. The average molecular weight is 294 g/mol. The third-order valence-corrected chi connectivity index (χ3v) is 3.32. The van der Waals surface area contributed by atoms with E-state index in [2.05, 4.69) is 0 Å². The van der Waals surface area contributed by atoms with Gasteiger partial charge in [-0.25, -0.2) is 4.79 Å². The molecule has 1 aromatic carbocycles. The highest BCUT2D eigenvalue weighted by molar-refractivity contribution is 6.37. The van der Waals surface area contributed by atoms with Crippen LogP contribution in [0, 0.1) is 0 Å². The molecule has 5 nitrogen and oxygen atoms in total. The number of aromatic nitrogens is 1. The molecule has 0 aliphatic carbocycles. The Hall–Kier alpha value is -2.01. The topological polar surface area (TPSA) is 45.6 Å². The van der Waals surface area contributed by atoms with Crippen LogP contribution in [-0.4, -0.2) is 54.5 Å². The molecule has 0 N–H and O–H groups in total. The second kappa shape index (κ2) is 5.17. The van der Waals surface area contributed by atoms with Crippen LogP contribution in [0.4, 0.5) is 4.79 Å². The lowest BCUT2D eigenvalue weighted by Crippen LogP contribution is -2.27. The Balaban J connectivity index is 2.77. The minimum atomic E-state index is -0.227. The van der Waals surface area contributed by atoms with Crippen molar-refractivity contribution in [3.8, 4) is 0 Å². The first kappa shape index (κ1) is 14.4. The van der Waals surface area contributed by atoms with Crippen LogP contribution in [0.5, 0.6) is 0 Å². The van der Waals surface area contributed by atoms with Crippen LogP contribution in [-0.2, 0) is 0 Å². The van der Waals surface area contributed by atoms with E-state index < -0.39 is 0 Å². The van der Waals surface area contributed by atoms with Crippen molar-refractivity contribution in [2.75, 3.05) is 28.2 Å². The number of nitrogens with zero attached hydrogens (tertiary/aromatic N) is 3. The zero-order valence-electron chi connectivity index (χ0n) is 11.8. The number of benzene rings is 1. The first-order chi connectivity index (χ1) is 9.34. The molecule has 20 heavy (non-hydrogen) atoms. The Morgan fingerprint density at radius 2 is 1.75 bits per heavy atom. The highest BCUT2D eigenvalue weighted by Gasteiger charge is 2.21. The van der Waals surface area contributed by atoms with Gasteiger partial charge in [0.2, 0.25) is 0 Å². The van der Waals surface area contributed by atoms with Crippen LogP contribution in [0.15, 0.2) is 24.4 Å². The molecule has 0 bridgehead atoms. The molecule has 0 aliphatic rings. The van der Waals surface area contributed by atoms with Crippen LogP contribution >= 0.6 is 11.6 Å². The second-order valence-corrected chi connectivity index (χ2v) is 5.33. The van der Waals surface area contributed by atoms with Gasteiger partial charge in [0.1, 0.15) is 0 Å². The minimum absolute atomic E-state index is 0.187. The molecular formula is C14H16ClN3O2. The Morgan fingerprint density at radius 3 is 2.30 bits per heavy atom. The maximum Gasteiger partial charge on any atom is 0.328 e. The van der Waals surface area contributed by atoms with Crippen molar-refractivity contribution in [2.45, 2.75) is 0 Å². The summed E-state index contributed by atoms with van der Waals surface area (Å²) in [6, 6.07) is 5.01. The maximum atomic E-state index is 12.2. The smallest absolute Gasteiger partial charge is 0.328 e. The molecule has 2 rings (SSSR count). The first-order valence-electron chi connectivity index (χ1n) is 6.07. The van der Waals surface area contributed by atoms with Crippen LogP contribution in [0.1, 0.15) is 10.4 Å². The van der Waals surface area contributed by atoms with Crippen molar-refractivity contribution in [3.05, 3.63) is 35.0 Å². The van der Waals surface area contributed by atoms with Gasteiger partial charge in [0.15, 0.2) is 0 Å². The molecule has 6 heteroatoms. The average Bonchev–Trinajstić information content (AvgIpc) is 2.77. The molecule has 0 fully saturated rings. The van der Waals surface area contributed by atoms with E-state index in [0.29, 0.717) is 21.5 Å². The summed E-state index contributed by atoms with van der Waals surface area (Å²) >= 11 is 6.20. The molecule has 0 radical (unpaired) electrons. The standard InChI is InChI=1S/C14H16ClN3O2/c1-16(2)13(19)9-8-18(14(20)17(3)4)11-7-5-6-10(15)12(9)11/h5-8H,1-4H3. The van der Waals surface area contributed by atoms with Gasteiger partial charge >= 0.3 is 6.03 Å². The van der Waals surface area contributed by atoms with E-state index >= 15 is 0 Å². The normalized spacial score (nSPS) is 10.7.